The molecule has 1 amide bonds. The Labute approximate surface area is 167 Å². The van der Waals surface area contributed by atoms with Crippen LogP contribution in [0.4, 0.5) is 4.79 Å². The van der Waals surface area contributed by atoms with Crippen LogP contribution in [0.3, 0.4) is 0 Å². The molecule has 0 aliphatic heterocycles. The Hall–Kier alpha value is -2.80. The Balaban J connectivity index is 1.65. The molecule has 0 fully saturated rings. The Bertz CT molecular complexity index is 852. The number of nitrogens with one attached hydrogen (secondary N) is 1. The highest BCUT2D eigenvalue weighted by Gasteiger charge is 2.29. The highest BCUT2D eigenvalue weighted by atomic mass is 32.2. The number of amides is 1. The van der Waals surface area contributed by atoms with Crippen molar-refractivity contribution in [2.75, 3.05) is 12.4 Å². The summed E-state index contributed by atoms with van der Waals surface area (Å²) in [5, 5.41) is 11.4. The summed E-state index contributed by atoms with van der Waals surface area (Å²) in [6.07, 6.45) is -0.956. The van der Waals surface area contributed by atoms with Crippen LogP contribution in [0.5, 0.6) is 0 Å². The lowest BCUT2D eigenvalue weighted by Crippen LogP contribution is -2.39. The van der Waals surface area contributed by atoms with Crippen molar-refractivity contribution in [1.82, 2.24) is 5.32 Å². The van der Waals surface area contributed by atoms with Gasteiger partial charge in [-0.1, -0.05) is 60.3 Å². The number of alkyl carbamates (subject to hydrolysis) is 1. The third kappa shape index (κ3) is 4.72. The summed E-state index contributed by atoms with van der Waals surface area (Å²) < 4.78 is 5.42. The number of hydrogen-bond donors (Lipinski definition) is 2. The average molecular weight is 399 g/mol. The number of rotatable bonds is 7. The molecule has 1 atom stereocenters. The van der Waals surface area contributed by atoms with Crippen LogP contribution in [0.1, 0.15) is 30.4 Å². The van der Waals surface area contributed by atoms with Crippen molar-refractivity contribution in [1.29, 1.82) is 0 Å². The first-order valence-corrected chi connectivity index (χ1v) is 9.91. The number of ether oxygens (including phenoxy) is 1. The summed E-state index contributed by atoms with van der Waals surface area (Å²) in [6, 6.07) is 15.4. The number of fused-ring (bicyclic) bond motifs is 3. The molecule has 0 unspecified atom stereocenters. The number of hydrogen-bond acceptors (Lipinski definition) is 5. The van der Waals surface area contributed by atoms with E-state index in [0.29, 0.717) is 0 Å². The fraction of sp³-hybridized carbons (Fsp3) is 0.286. The van der Waals surface area contributed by atoms with Gasteiger partial charge in [0.05, 0.1) is 12.5 Å². The van der Waals surface area contributed by atoms with Crippen LogP contribution in [-0.4, -0.2) is 40.7 Å². The van der Waals surface area contributed by atoms with Crippen molar-refractivity contribution in [3.8, 4) is 11.1 Å². The molecule has 0 aromatic heterocycles. The number of thioether (sulfide) groups is 1. The van der Waals surface area contributed by atoms with Crippen LogP contribution < -0.4 is 5.32 Å². The molecule has 0 saturated heterocycles. The molecular formula is C21H21NO5S. The number of benzene rings is 2. The second-order valence-corrected chi connectivity index (χ2v) is 7.76. The van der Waals surface area contributed by atoms with Gasteiger partial charge in [0.15, 0.2) is 5.12 Å². The van der Waals surface area contributed by atoms with Crippen molar-refractivity contribution < 1.29 is 24.2 Å². The van der Waals surface area contributed by atoms with Crippen molar-refractivity contribution in [3.05, 3.63) is 59.7 Å². The molecule has 0 heterocycles. The maximum Gasteiger partial charge on any atom is 0.407 e. The maximum atomic E-state index is 12.2. The molecule has 2 aromatic carbocycles. The molecule has 0 bridgehead atoms. The Kier molecular flexibility index (Phi) is 6.36. The molecule has 146 valence electrons. The van der Waals surface area contributed by atoms with E-state index in [0.717, 1.165) is 34.0 Å². The zero-order valence-corrected chi connectivity index (χ0v) is 16.2. The van der Waals surface area contributed by atoms with Crippen molar-refractivity contribution in [2.24, 2.45) is 0 Å². The summed E-state index contributed by atoms with van der Waals surface area (Å²) >= 11 is 0.976. The molecule has 7 heteroatoms. The van der Waals surface area contributed by atoms with E-state index < -0.39 is 18.1 Å². The van der Waals surface area contributed by atoms with E-state index in [1.165, 1.54) is 6.92 Å². The van der Waals surface area contributed by atoms with Crippen LogP contribution in [0.25, 0.3) is 11.1 Å². The minimum atomic E-state index is -1.05. The molecule has 0 spiro atoms. The molecule has 6 nitrogen and oxygen atoms in total. The standard InChI is InChI=1S/C21H21NO5S/c1-13(23)28-12-14(10-20(24)25)22-21(26)27-11-19-17-8-4-2-6-15(17)16-7-3-5-9-18(16)19/h2-9,14,19H,10-12H2,1H3,(H,22,26)(H,24,25)/t14-/m0/s1. The zero-order chi connectivity index (χ0) is 20.1. The van der Waals surface area contributed by atoms with Crippen LogP contribution in [0, 0.1) is 0 Å². The molecule has 3 rings (SSSR count). The maximum absolute atomic E-state index is 12.2. The molecule has 1 aliphatic rings. The average Bonchev–Trinajstić information content (AvgIpc) is 2.98. The van der Waals surface area contributed by atoms with E-state index in [-0.39, 0.29) is 29.8 Å². The van der Waals surface area contributed by atoms with Gasteiger partial charge in [0.25, 0.3) is 0 Å². The van der Waals surface area contributed by atoms with Crippen LogP contribution in [0.15, 0.2) is 48.5 Å². The zero-order valence-electron chi connectivity index (χ0n) is 15.4. The van der Waals surface area contributed by atoms with Gasteiger partial charge >= 0.3 is 12.1 Å². The summed E-state index contributed by atoms with van der Waals surface area (Å²) in [5.41, 5.74) is 4.47. The van der Waals surface area contributed by atoms with Crippen molar-refractivity contribution >= 4 is 28.9 Å². The largest absolute Gasteiger partial charge is 0.481 e. The van der Waals surface area contributed by atoms with E-state index in [9.17, 15) is 14.4 Å². The lowest BCUT2D eigenvalue weighted by atomic mass is 9.98. The van der Waals surface area contributed by atoms with Gasteiger partial charge in [-0.05, 0) is 22.3 Å². The summed E-state index contributed by atoms with van der Waals surface area (Å²) in [5.74, 6) is -0.929. The van der Waals surface area contributed by atoms with Gasteiger partial charge in [-0.15, -0.1) is 0 Å². The lowest BCUT2D eigenvalue weighted by molar-refractivity contribution is -0.137. The highest BCUT2D eigenvalue weighted by molar-refractivity contribution is 8.13. The molecule has 28 heavy (non-hydrogen) atoms. The third-order valence-corrected chi connectivity index (χ3v) is 5.55. The molecular weight excluding hydrogens is 378 g/mol. The predicted octanol–water partition coefficient (Wildman–Crippen LogP) is 3.65. The van der Waals surface area contributed by atoms with E-state index >= 15 is 0 Å². The molecule has 0 radical (unpaired) electrons. The van der Waals surface area contributed by atoms with E-state index in [2.05, 4.69) is 17.4 Å². The summed E-state index contributed by atoms with van der Waals surface area (Å²) in [7, 11) is 0. The van der Waals surface area contributed by atoms with Crippen LogP contribution >= 0.6 is 11.8 Å². The highest BCUT2D eigenvalue weighted by Crippen LogP contribution is 2.44. The second-order valence-electron chi connectivity index (χ2n) is 6.57. The normalized spacial score (nSPS) is 13.3. The first-order chi connectivity index (χ1) is 13.5. The van der Waals surface area contributed by atoms with E-state index in [1.54, 1.807) is 0 Å². The Morgan fingerprint density at radius 3 is 2.18 bits per heavy atom. The lowest BCUT2D eigenvalue weighted by Gasteiger charge is -2.18. The number of carboxylic acids is 1. The van der Waals surface area contributed by atoms with Crippen molar-refractivity contribution in [3.63, 3.8) is 0 Å². The van der Waals surface area contributed by atoms with E-state index in [1.807, 2.05) is 36.4 Å². The number of carbonyl (C=O) groups excluding carboxylic acids is 2. The molecule has 2 N–H and O–H groups in total. The van der Waals surface area contributed by atoms with Gasteiger partial charge < -0.3 is 15.2 Å². The predicted molar refractivity (Wildman–Crippen MR) is 107 cm³/mol. The van der Waals surface area contributed by atoms with Gasteiger partial charge in [-0.25, -0.2) is 4.79 Å². The SMILES string of the molecule is CC(=O)SC[C@H](CC(=O)O)NC(=O)OCC1c2ccccc2-c2ccccc21. The van der Waals surface area contributed by atoms with Crippen LogP contribution in [-0.2, 0) is 14.3 Å². The smallest absolute Gasteiger partial charge is 0.407 e. The number of carbonyl (C=O) groups is 3. The van der Waals surface area contributed by atoms with Gasteiger partial charge in [0.2, 0.25) is 0 Å². The Morgan fingerprint density at radius 2 is 1.64 bits per heavy atom. The quantitative estimate of drug-likeness (QED) is 0.738. The molecule has 1 aliphatic carbocycles. The number of carboxylic acid groups (broad SMARTS) is 1. The van der Waals surface area contributed by atoms with Crippen molar-refractivity contribution in [2.45, 2.75) is 25.3 Å². The minimum Gasteiger partial charge on any atom is -0.481 e. The minimum absolute atomic E-state index is 0.0670. The fourth-order valence-electron chi connectivity index (χ4n) is 3.39. The van der Waals surface area contributed by atoms with E-state index in [4.69, 9.17) is 9.84 Å². The van der Waals surface area contributed by atoms with Gasteiger partial charge in [0, 0.05) is 18.6 Å². The number of aliphatic carboxylic acids is 1. The molecule has 0 saturated carbocycles. The summed E-state index contributed by atoms with van der Waals surface area (Å²) in [6.45, 7) is 1.55. The molecule has 2 aromatic rings. The first kappa shape index (κ1) is 19.9. The van der Waals surface area contributed by atoms with Crippen LogP contribution in [0.2, 0.25) is 0 Å². The first-order valence-electron chi connectivity index (χ1n) is 8.92. The fourth-order valence-corrected chi connectivity index (χ4v) is 4.02. The Morgan fingerprint density at radius 1 is 1.07 bits per heavy atom. The topological polar surface area (TPSA) is 92.7 Å². The second kappa shape index (κ2) is 8.93. The van der Waals surface area contributed by atoms with Gasteiger partial charge in [-0.2, -0.15) is 0 Å². The van der Waals surface area contributed by atoms with Gasteiger partial charge in [-0.3, -0.25) is 9.59 Å². The van der Waals surface area contributed by atoms with Gasteiger partial charge in [0.1, 0.15) is 6.61 Å². The third-order valence-electron chi connectivity index (χ3n) is 4.57. The summed E-state index contributed by atoms with van der Waals surface area (Å²) in [4.78, 5) is 34.4. The monoisotopic (exact) mass is 399 g/mol.